The zero-order valence-corrected chi connectivity index (χ0v) is 65.1. The van der Waals surface area contributed by atoms with E-state index in [4.69, 9.17) is 0 Å². The summed E-state index contributed by atoms with van der Waals surface area (Å²) in [6.45, 7) is 11.0. The molecule has 20 rings (SSSR count). The number of aliphatic hydroxyl groups excluding tert-OH is 4. The highest BCUT2D eigenvalue weighted by Crippen LogP contribution is 2.64. The van der Waals surface area contributed by atoms with Gasteiger partial charge < -0.3 is 38.7 Å². The molecule has 108 heavy (non-hydrogen) atoms. The Bertz CT molecular complexity index is 4540. The summed E-state index contributed by atoms with van der Waals surface area (Å²) in [5, 5.41) is 44.7. The van der Waals surface area contributed by atoms with Crippen LogP contribution in [0.2, 0.25) is 0 Å². The average molecular weight is 1550 g/mol. The van der Waals surface area contributed by atoms with Crippen LogP contribution >= 0.6 is 0 Å². The third-order valence-corrected chi connectivity index (χ3v) is 35.8. The molecular formula is C80H100N12O12S4. The third kappa shape index (κ3) is 11.8. The van der Waals surface area contributed by atoms with Gasteiger partial charge in [0.25, 0.3) is 0 Å². The maximum Gasteiger partial charge on any atom is 0.213 e. The van der Waals surface area contributed by atoms with E-state index in [2.05, 4.69) is 111 Å². The van der Waals surface area contributed by atoms with E-state index in [9.17, 15) is 54.1 Å². The normalized spacial score (nSPS) is 29.3. The summed E-state index contributed by atoms with van der Waals surface area (Å²) in [5.74, 6) is 1.18. The molecular weight excluding hydrogens is 1450 g/mol. The van der Waals surface area contributed by atoms with Crippen LogP contribution in [0.1, 0.15) is 151 Å². The number of aliphatic hydroxyl groups is 4. The molecule has 576 valence electrons. The summed E-state index contributed by atoms with van der Waals surface area (Å²) < 4.78 is 112. The van der Waals surface area contributed by atoms with E-state index in [1.807, 2.05) is 74.4 Å². The molecule has 4 aromatic carbocycles. The van der Waals surface area contributed by atoms with E-state index in [1.165, 1.54) is 44.5 Å². The monoisotopic (exact) mass is 1550 g/mol. The van der Waals surface area contributed by atoms with E-state index in [0.717, 1.165) is 99.8 Å². The predicted octanol–water partition coefficient (Wildman–Crippen LogP) is 9.06. The van der Waals surface area contributed by atoms with Gasteiger partial charge in [-0.05, 0) is 149 Å². The van der Waals surface area contributed by atoms with Crippen LogP contribution in [-0.4, -0.2) is 209 Å². The number of aromatic nitrogens is 8. The quantitative estimate of drug-likeness (QED) is 0.0886. The molecule has 4 aliphatic carbocycles. The zero-order chi connectivity index (χ0) is 75.2. The minimum atomic E-state index is -3.14. The minimum absolute atomic E-state index is 0.122. The van der Waals surface area contributed by atoms with Gasteiger partial charge in [0.05, 0.1) is 144 Å². The van der Waals surface area contributed by atoms with Crippen LogP contribution in [0, 0.1) is 45.3 Å². The molecule has 8 fully saturated rings. The molecule has 24 nitrogen and oxygen atoms in total. The van der Waals surface area contributed by atoms with E-state index in [0.29, 0.717) is 52.4 Å². The summed E-state index contributed by atoms with van der Waals surface area (Å²) in [6, 6.07) is 34.0. The fourth-order valence-corrected chi connectivity index (χ4v) is 26.3. The standard InChI is InChI=1S/4C20H25N3O3S/c4*1-2-27(25,26)22-9-7-20(8-10-22)11-16(19(20)24)18-15-6-4-3-5-14(15)17-12-21-13-23(17)18/h4*3-6,12-13,16,18-19,24H,2,7-11H2,1H3/t16-,18+,19+;16-,18+,19-;16-,18-,19+;16-,18-,19-/m0011/s1. The molecule has 0 amide bonds. The number of hydrogen-bond donors (Lipinski definition) is 4. The maximum atomic E-state index is 12.1. The van der Waals surface area contributed by atoms with Crippen molar-refractivity contribution in [2.24, 2.45) is 45.3 Å². The number of imidazole rings is 4. The number of sulfonamides is 4. The van der Waals surface area contributed by atoms with E-state index in [1.54, 1.807) is 44.9 Å². The van der Waals surface area contributed by atoms with E-state index in [-0.39, 0.29) is 92.5 Å². The third-order valence-electron chi connectivity index (χ3n) is 28.3. The predicted molar refractivity (Wildman–Crippen MR) is 410 cm³/mol. The first-order valence-corrected chi connectivity index (χ1v) is 45.4. The summed E-state index contributed by atoms with van der Waals surface area (Å²) in [4.78, 5) is 17.3. The number of fused-ring (bicyclic) bond motifs is 12. The smallest absolute Gasteiger partial charge is 0.213 e. The van der Waals surface area contributed by atoms with Crippen molar-refractivity contribution in [1.29, 1.82) is 0 Å². The van der Waals surface area contributed by atoms with Gasteiger partial charge in [-0.1, -0.05) is 97.1 Å². The lowest BCUT2D eigenvalue weighted by Gasteiger charge is -2.57. The summed E-state index contributed by atoms with van der Waals surface area (Å²) in [6.07, 6.45) is 23.1. The molecule has 28 heteroatoms. The van der Waals surface area contributed by atoms with Gasteiger partial charge in [0.1, 0.15) is 0 Å². The lowest BCUT2D eigenvalue weighted by Crippen LogP contribution is -2.59. The number of benzene rings is 4. The first kappa shape index (κ1) is 74.0. The molecule has 0 unspecified atom stereocenters. The van der Waals surface area contributed by atoms with Crippen molar-refractivity contribution in [3.63, 3.8) is 0 Å². The second kappa shape index (κ2) is 27.5. The van der Waals surface area contributed by atoms with Gasteiger partial charge >= 0.3 is 0 Å². The second-order valence-electron chi connectivity index (χ2n) is 32.8. The van der Waals surface area contributed by atoms with Gasteiger partial charge in [-0.3, -0.25) is 0 Å². The summed E-state index contributed by atoms with van der Waals surface area (Å²) >= 11 is 0. The van der Waals surface area contributed by atoms with Crippen LogP contribution in [0.15, 0.2) is 147 Å². The van der Waals surface area contributed by atoms with Crippen LogP contribution in [-0.2, 0) is 40.1 Å². The molecule has 12 aliphatic rings. The Kier molecular flexibility index (Phi) is 18.9. The van der Waals surface area contributed by atoms with Crippen LogP contribution in [0.25, 0.3) is 45.0 Å². The first-order chi connectivity index (χ1) is 51.9. The average Bonchev–Trinajstić information content (AvgIpc) is 1.51. The number of nitrogens with zero attached hydrogens (tertiary/aromatic N) is 12. The summed E-state index contributed by atoms with van der Waals surface area (Å²) in [7, 11) is -12.5. The highest BCUT2D eigenvalue weighted by atomic mass is 32.2. The first-order valence-electron chi connectivity index (χ1n) is 39.0. The molecule has 8 aliphatic heterocycles. The number of rotatable bonds is 12. The molecule has 4 saturated carbocycles. The molecule has 4 aromatic heterocycles. The fraction of sp³-hybridized carbons (Fsp3) is 0.550. The highest BCUT2D eigenvalue weighted by molar-refractivity contribution is 7.89. The van der Waals surface area contributed by atoms with Crippen LogP contribution in [0.5, 0.6) is 0 Å². The largest absolute Gasteiger partial charge is 0.392 e. The van der Waals surface area contributed by atoms with Gasteiger partial charge in [-0.2, -0.15) is 0 Å². The maximum absolute atomic E-state index is 12.1. The summed E-state index contributed by atoms with van der Waals surface area (Å²) in [5.41, 5.74) is 13.8. The Labute approximate surface area is 634 Å². The number of hydrogen-bond acceptors (Lipinski definition) is 16. The van der Waals surface area contributed by atoms with Crippen molar-refractivity contribution in [2.45, 2.75) is 153 Å². The molecule has 0 radical (unpaired) electrons. The Hall–Kier alpha value is -6.80. The van der Waals surface area contributed by atoms with Gasteiger partial charge in [-0.25, -0.2) is 70.8 Å². The SMILES string of the molecule is CCS(=O)(=O)N1CCC2(CC1)C[C@@H]([C@H]1c3ccccc3-c3cncn31)[C@@H]2O.CCS(=O)(=O)N1CCC2(CC1)C[C@@H]([C@H]1c3ccccc3-c3cncn31)[C@H]2O.CCS(=O)(=O)N1CCC2(CC1)C[C@H]([C@H]1c3ccccc3-c3cncn31)[C@@H]2O.CCS(=O)(=O)N1CCC2(CC1)C[C@H]([C@H]1c3ccccc3-c3cncn31)[C@H]2O. The molecule has 8 aromatic rings. The van der Waals surface area contributed by atoms with Crippen molar-refractivity contribution >= 4 is 40.1 Å². The number of piperidine rings is 4. The lowest BCUT2D eigenvalue weighted by atomic mass is 9.53. The van der Waals surface area contributed by atoms with E-state index < -0.39 is 64.5 Å². The Morgan fingerprint density at radius 2 is 0.500 bits per heavy atom. The lowest BCUT2D eigenvalue weighted by molar-refractivity contribution is -0.152. The molecule has 4 spiro atoms. The molecule has 0 bridgehead atoms. The van der Waals surface area contributed by atoms with Crippen LogP contribution in [0.4, 0.5) is 0 Å². The topological polar surface area (TPSA) is 302 Å². The van der Waals surface area contributed by atoms with E-state index >= 15 is 0 Å². The van der Waals surface area contributed by atoms with Gasteiger partial charge in [-0.15, -0.1) is 0 Å². The molecule has 12 heterocycles. The Balaban J connectivity index is 0.000000105. The van der Waals surface area contributed by atoms with Crippen molar-refractivity contribution in [3.8, 4) is 45.0 Å². The molecule has 4 N–H and O–H groups in total. The molecule has 4 saturated heterocycles. The Morgan fingerprint density at radius 3 is 0.676 bits per heavy atom. The van der Waals surface area contributed by atoms with Gasteiger partial charge in [0.2, 0.25) is 40.1 Å². The second-order valence-corrected chi connectivity index (χ2v) is 41.8. The van der Waals surface area contributed by atoms with Crippen molar-refractivity contribution < 1.29 is 54.1 Å². The van der Waals surface area contributed by atoms with Gasteiger partial charge in [0.15, 0.2) is 0 Å². The zero-order valence-electron chi connectivity index (χ0n) is 61.8. The fourth-order valence-electron chi connectivity index (χ4n) is 21.9. The Morgan fingerprint density at radius 1 is 0.315 bits per heavy atom. The van der Waals surface area contributed by atoms with Gasteiger partial charge in [0, 0.05) is 98.3 Å². The van der Waals surface area contributed by atoms with Crippen molar-refractivity contribution in [3.05, 3.63) is 169 Å². The highest BCUT2D eigenvalue weighted by Gasteiger charge is 2.63. The van der Waals surface area contributed by atoms with Crippen LogP contribution in [0.3, 0.4) is 0 Å². The van der Waals surface area contributed by atoms with Crippen molar-refractivity contribution in [2.75, 3.05) is 75.4 Å². The van der Waals surface area contributed by atoms with Crippen molar-refractivity contribution in [1.82, 2.24) is 55.4 Å². The minimum Gasteiger partial charge on any atom is -0.392 e. The molecule has 12 atom stereocenters. The van der Waals surface area contributed by atoms with Crippen LogP contribution < -0.4 is 0 Å².